The van der Waals surface area contributed by atoms with E-state index in [1.54, 1.807) is 25.5 Å². The normalized spacial score (nSPS) is 16.2. The minimum absolute atomic E-state index is 0.159. The molecule has 2 aliphatic heterocycles. The van der Waals surface area contributed by atoms with Gasteiger partial charge in [-0.3, -0.25) is 4.90 Å². The number of nitrogens with zero attached hydrogens (tertiary/aromatic N) is 6. The number of hydrogen-bond acceptors (Lipinski definition) is 13. The second kappa shape index (κ2) is 18.9. The number of fused-ring (bicyclic) bond motifs is 1. The van der Waals surface area contributed by atoms with E-state index < -0.39 is 12.1 Å². The number of aromatic nitrogens is 4. The number of piperazine rings is 1. The summed E-state index contributed by atoms with van der Waals surface area (Å²) in [5.41, 5.74) is 3.73. The summed E-state index contributed by atoms with van der Waals surface area (Å²) in [5, 5.41) is 1.37. The summed E-state index contributed by atoms with van der Waals surface area (Å²) in [6.45, 7) is 11.0. The third-order valence-corrected chi connectivity index (χ3v) is 11.7. The largest absolute Gasteiger partial charge is 0.491 e. The molecule has 0 unspecified atom stereocenters. The summed E-state index contributed by atoms with van der Waals surface area (Å²) in [5.74, 6) is 2.05. The number of esters is 1. The molecule has 296 valence electrons. The van der Waals surface area contributed by atoms with Gasteiger partial charge in [-0.15, -0.1) is 0 Å². The molecule has 0 spiro atoms. The highest BCUT2D eigenvalue weighted by atomic mass is 35.5. The number of carbonyl (C=O) groups excluding carboxylic acids is 1. The van der Waals surface area contributed by atoms with Crippen LogP contribution in [0.15, 0.2) is 55.0 Å². The zero-order chi connectivity index (χ0) is 39.0. The SMILES string of the molecule is CCOC(=O)[C@@H](Cc1ccccc1OCc1cnc(C2CCOCC2)nc1)Oc1nsc2cnc(Cl)c(-c3ccc(OCCN4CCN(C)CC4)c(Cl)c3C)c12. The number of benzene rings is 2. The number of carbonyl (C=O) groups is 1. The maximum atomic E-state index is 13.5. The lowest BCUT2D eigenvalue weighted by Crippen LogP contribution is -2.45. The summed E-state index contributed by atoms with van der Waals surface area (Å²) in [6, 6.07) is 11.3. The van der Waals surface area contributed by atoms with E-state index >= 15 is 0 Å². The van der Waals surface area contributed by atoms with Crippen LogP contribution in [0.4, 0.5) is 0 Å². The monoisotopic (exact) mass is 820 g/mol. The van der Waals surface area contributed by atoms with Gasteiger partial charge in [0, 0.05) is 88.0 Å². The summed E-state index contributed by atoms with van der Waals surface area (Å²) in [6.07, 6.45) is 6.22. The third-order valence-electron chi connectivity index (χ3n) is 10.2. The molecule has 3 aromatic heterocycles. The van der Waals surface area contributed by atoms with Crippen LogP contribution in [0.25, 0.3) is 21.2 Å². The fourth-order valence-corrected chi connectivity index (χ4v) is 8.10. The lowest BCUT2D eigenvalue weighted by atomic mass is 9.99. The number of ether oxygens (including phenoxy) is 5. The lowest BCUT2D eigenvalue weighted by Gasteiger charge is -2.32. The van der Waals surface area contributed by atoms with E-state index in [1.165, 1.54) is 11.5 Å². The van der Waals surface area contributed by atoms with Crippen molar-refractivity contribution >= 4 is 50.8 Å². The quantitative estimate of drug-likeness (QED) is 0.0772. The van der Waals surface area contributed by atoms with Crippen LogP contribution in [-0.4, -0.2) is 107 Å². The molecule has 2 fully saturated rings. The Labute approximate surface area is 341 Å². The van der Waals surface area contributed by atoms with E-state index in [-0.39, 0.29) is 30.7 Å². The first-order chi connectivity index (χ1) is 27.3. The second-order valence-electron chi connectivity index (χ2n) is 14.0. The molecular weight excluding hydrogens is 775 g/mol. The van der Waals surface area contributed by atoms with Gasteiger partial charge in [0.1, 0.15) is 35.7 Å². The van der Waals surface area contributed by atoms with Crippen molar-refractivity contribution in [3.8, 4) is 28.5 Å². The molecule has 0 N–H and O–H groups in total. The van der Waals surface area contributed by atoms with Crippen molar-refractivity contribution in [3.05, 3.63) is 87.7 Å². The maximum absolute atomic E-state index is 13.5. The molecule has 2 saturated heterocycles. The van der Waals surface area contributed by atoms with Crippen molar-refractivity contribution in [1.29, 1.82) is 0 Å². The molecule has 0 amide bonds. The summed E-state index contributed by atoms with van der Waals surface area (Å²) in [7, 11) is 2.14. The fraction of sp³-hybridized carbons (Fsp3) is 0.439. The Morgan fingerprint density at radius 3 is 2.52 bits per heavy atom. The summed E-state index contributed by atoms with van der Waals surface area (Å²) >= 11 is 15.0. The fourth-order valence-electron chi connectivity index (χ4n) is 6.94. The Kier molecular flexibility index (Phi) is 13.5. The van der Waals surface area contributed by atoms with E-state index in [0.29, 0.717) is 40.0 Å². The van der Waals surface area contributed by atoms with Gasteiger partial charge in [-0.05, 0) is 74.1 Å². The highest BCUT2D eigenvalue weighted by Crippen LogP contribution is 2.45. The smallest absolute Gasteiger partial charge is 0.347 e. The van der Waals surface area contributed by atoms with Crippen molar-refractivity contribution in [2.45, 2.75) is 51.7 Å². The third kappa shape index (κ3) is 9.53. The minimum atomic E-state index is -1.05. The second-order valence-corrected chi connectivity index (χ2v) is 15.5. The zero-order valence-corrected chi connectivity index (χ0v) is 34.2. The molecule has 56 heavy (non-hydrogen) atoms. The Morgan fingerprint density at radius 1 is 0.982 bits per heavy atom. The molecule has 5 heterocycles. The molecule has 2 aliphatic rings. The van der Waals surface area contributed by atoms with E-state index in [4.69, 9.17) is 46.9 Å². The standard InChI is InChI=1S/C41H46Cl2N6O6S/c1-4-52-41(50)33(21-29-7-5-6-8-31(29)54-25-27-22-45-39(46-23-27)28-11-18-51-19-12-28)55-40-36-34(56-47-40)24-44-38(43)35(36)30-9-10-32(37(42)26(30)2)53-20-17-49-15-13-48(3)14-16-49/h5-10,22-24,28,33H,4,11-21,25H2,1-3H3/t33-/m1/s1. The summed E-state index contributed by atoms with van der Waals surface area (Å²) in [4.78, 5) is 31.9. The van der Waals surface area contributed by atoms with Gasteiger partial charge in [-0.25, -0.2) is 19.7 Å². The zero-order valence-electron chi connectivity index (χ0n) is 31.8. The highest BCUT2D eigenvalue weighted by molar-refractivity contribution is 7.13. The van der Waals surface area contributed by atoms with Gasteiger partial charge in [0.2, 0.25) is 12.0 Å². The van der Waals surface area contributed by atoms with Gasteiger partial charge >= 0.3 is 5.97 Å². The Morgan fingerprint density at radius 2 is 1.75 bits per heavy atom. The number of hydrogen-bond donors (Lipinski definition) is 0. The van der Waals surface area contributed by atoms with Gasteiger partial charge in [0.25, 0.3) is 0 Å². The maximum Gasteiger partial charge on any atom is 0.347 e. The van der Waals surface area contributed by atoms with Gasteiger partial charge in [0.15, 0.2) is 0 Å². The predicted molar refractivity (Wildman–Crippen MR) is 217 cm³/mol. The molecule has 12 nitrogen and oxygen atoms in total. The number of pyridine rings is 1. The van der Waals surface area contributed by atoms with Crippen LogP contribution in [0.1, 0.15) is 48.2 Å². The average molecular weight is 822 g/mol. The average Bonchev–Trinajstić information content (AvgIpc) is 3.63. The van der Waals surface area contributed by atoms with Gasteiger partial charge in [-0.1, -0.05) is 47.5 Å². The first-order valence-corrected chi connectivity index (χ1v) is 20.5. The van der Waals surface area contributed by atoms with Crippen LogP contribution in [0.2, 0.25) is 10.2 Å². The van der Waals surface area contributed by atoms with E-state index in [0.717, 1.165) is 91.6 Å². The van der Waals surface area contributed by atoms with Gasteiger partial charge in [-0.2, -0.15) is 4.37 Å². The Bertz CT molecular complexity index is 2110. The molecule has 5 aromatic rings. The van der Waals surface area contributed by atoms with E-state index in [2.05, 4.69) is 36.2 Å². The summed E-state index contributed by atoms with van der Waals surface area (Å²) < 4.78 is 35.3. The van der Waals surface area contributed by atoms with Crippen LogP contribution in [0, 0.1) is 6.92 Å². The predicted octanol–water partition coefficient (Wildman–Crippen LogP) is 7.42. The molecule has 0 bridgehead atoms. The first kappa shape index (κ1) is 40.1. The van der Waals surface area contributed by atoms with Crippen LogP contribution in [0.5, 0.6) is 17.4 Å². The van der Waals surface area contributed by atoms with Gasteiger partial charge < -0.3 is 28.6 Å². The molecule has 0 radical (unpaired) electrons. The molecule has 1 atom stereocenters. The van der Waals surface area contributed by atoms with Crippen molar-refractivity contribution in [2.24, 2.45) is 0 Å². The number of halogens is 2. The minimum Gasteiger partial charge on any atom is -0.491 e. The molecule has 0 saturated carbocycles. The molecule has 2 aromatic carbocycles. The molecular formula is C41H46Cl2N6O6S. The van der Waals surface area contributed by atoms with Crippen molar-refractivity contribution in [1.82, 2.24) is 29.1 Å². The van der Waals surface area contributed by atoms with Crippen LogP contribution >= 0.6 is 34.7 Å². The Balaban J connectivity index is 1.10. The topological polar surface area (TPSA) is 121 Å². The van der Waals surface area contributed by atoms with E-state index in [9.17, 15) is 4.79 Å². The number of para-hydroxylation sites is 1. The highest BCUT2D eigenvalue weighted by Gasteiger charge is 2.29. The first-order valence-electron chi connectivity index (χ1n) is 19.0. The van der Waals surface area contributed by atoms with E-state index in [1.807, 2.05) is 43.3 Å². The number of rotatable bonds is 15. The van der Waals surface area contributed by atoms with Crippen LogP contribution in [-0.2, 0) is 27.3 Å². The van der Waals surface area contributed by atoms with Crippen LogP contribution in [0.3, 0.4) is 0 Å². The van der Waals surface area contributed by atoms with Gasteiger partial charge in [0.05, 0.1) is 21.7 Å². The molecule has 0 aliphatic carbocycles. The van der Waals surface area contributed by atoms with Crippen molar-refractivity contribution in [3.63, 3.8) is 0 Å². The van der Waals surface area contributed by atoms with Crippen LogP contribution < -0.4 is 14.2 Å². The molecule has 7 rings (SSSR count). The molecule has 15 heteroatoms. The Hall–Kier alpha value is -4.11. The lowest BCUT2D eigenvalue weighted by molar-refractivity contribution is -0.151. The van der Waals surface area contributed by atoms with Crippen molar-refractivity contribution < 1.29 is 28.5 Å². The number of likely N-dealkylation sites (N-methyl/N-ethyl adjacent to an activating group) is 1. The van der Waals surface area contributed by atoms with Crippen molar-refractivity contribution in [2.75, 3.05) is 66.2 Å².